The smallest absolute Gasteiger partial charge is 0.195 e. The van der Waals surface area contributed by atoms with Gasteiger partial charge < -0.3 is 4.98 Å². The number of benzene rings is 4. The fourth-order valence-electron chi connectivity index (χ4n) is 5.77. The Bertz CT molecular complexity index is 1540. The first-order valence-electron chi connectivity index (χ1n) is 13.6. The summed E-state index contributed by atoms with van der Waals surface area (Å²) in [6, 6.07) is 1.56. The Morgan fingerprint density at radius 3 is 1.27 bits per heavy atom. The zero-order chi connectivity index (χ0) is 29.5. The third-order valence-corrected chi connectivity index (χ3v) is 13.0. The van der Waals surface area contributed by atoms with E-state index in [9.17, 15) is 17.6 Å². The second-order valence-electron chi connectivity index (χ2n) is 10.4. The van der Waals surface area contributed by atoms with Gasteiger partial charge >= 0.3 is 0 Å². The van der Waals surface area contributed by atoms with Gasteiger partial charge in [0.25, 0.3) is 0 Å². The highest BCUT2D eigenvalue weighted by Gasteiger charge is 2.37. The van der Waals surface area contributed by atoms with Gasteiger partial charge in [0, 0.05) is 16.2 Å². The van der Waals surface area contributed by atoms with Gasteiger partial charge in [-0.25, -0.2) is 39.5 Å². The summed E-state index contributed by atoms with van der Waals surface area (Å²) < 4.78 is 135. The summed E-state index contributed by atoms with van der Waals surface area (Å²) in [5.74, 6) is -18.7. The van der Waals surface area contributed by atoms with Crippen LogP contribution in [0.5, 0.6) is 0 Å². The molecule has 1 N–H and O–H groups in total. The Hall–Kier alpha value is -2.69. The summed E-state index contributed by atoms with van der Waals surface area (Å²) in [5, 5.41) is -7.55. The van der Waals surface area contributed by atoms with E-state index in [-0.39, 0.29) is 0 Å². The number of halogens is 9. The minimum absolute atomic E-state index is 0.490. The summed E-state index contributed by atoms with van der Waals surface area (Å²) in [7, 11) is -2.75. The molecule has 4 aromatic rings. The largest absolute Gasteiger partial charge is 0.407 e. The lowest BCUT2D eigenvalue weighted by Gasteiger charge is -2.33. The molecule has 0 bridgehead atoms. The van der Waals surface area contributed by atoms with E-state index in [1.165, 1.54) is 0 Å². The third kappa shape index (κ3) is 4.67. The standard InChI is InChI=1S/C29H30F9NSi/c1-4-7-8-9-10-11-12-13-40(5-2,6-3)39-29-19-15-14-16(20(30)21(31)18(15)25(35)28(29)38)23(33)27(37)24(34)17(14)22(32)26(19)36/h39H,4-13H2,1-3H3. The highest BCUT2D eigenvalue weighted by molar-refractivity contribution is 6.82. The number of rotatable bonds is 12. The Morgan fingerprint density at radius 1 is 0.425 bits per heavy atom. The van der Waals surface area contributed by atoms with Crippen molar-refractivity contribution in [3.8, 4) is 0 Å². The van der Waals surface area contributed by atoms with Gasteiger partial charge in [-0.15, -0.1) is 0 Å². The first kappa shape index (κ1) is 30.3. The predicted molar refractivity (Wildman–Crippen MR) is 143 cm³/mol. The first-order chi connectivity index (χ1) is 19.0. The van der Waals surface area contributed by atoms with Crippen molar-refractivity contribution in [1.82, 2.24) is 0 Å². The van der Waals surface area contributed by atoms with Crippen molar-refractivity contribution in [2.75, 3.05) is 4.98 Å². The normalized spacial score (nSPS) is 12.5. The maximum Gasteiger partial charge on any atom is 0.195 e. The zero-order valence-electron chi connectivity index (χ0n) is 22.5. The molecule has 1 nitrogen and oxygen atoms in total. The van der Waals surface area contributed by atoms with Crippen molar-refractivity contribution in [1.29, 1.82) is 0 Å². The van der Waals surface area contributed by atoms with Crippen molar-refractivity contribution >= 4 is 46.2 Å². The third-order valence-electron chi connectivity index (χ3n) is 8.22. The lowest BCUT2D eigenvalue weighted by Crippen LogP contribution is -2.42. The molecule has 0 heterocycles. The van der Waals surface area contributed by atoms with Gasteiger partial charge in [0.2, 0.25) is 0 Å². The van der Waals surface area contributed by atoms with Crippen LogP contribution in [0.4, 0.5) is 45.2 Å². The highest BCUT2D eigenvalue weighted by Crippen LogP contribution is 2.48. The number of anilines is 1. The second-order valence-corrected chi connectivity index (χ2v) is 15.2. The number of hydrogen-bond donors (Lipinski definition) is 1. The predicted octanol–water partition coefficient (Wildman–Crippen LogP) is 11.0. The Morgan fingerprint density at radius 2 is 0.800 bits per heavy atom. The molecule has 0 spiro atoms. The van der Waals surface area contributed by atoms with Gasteiger partial charge in [-0.05, 0) is 18.1 Å². The molecule has 0 aliphatic rings. The zero-order valence-corrected chi connectivity index (χ0v) is 23.5. The number of nitrogens with one attached hydrogen (secondary N) is 1. The summed E-state index contributed by atoms with van der Waals surface area (Å²) in [6.45, 7) is 5.77. The average Bonchev–Trinajstić information content (AvgIpc) is 2.94. The molecule has 0 fully saturated rings. The van der Waals surface area contributed by atoms with E-state index < -0.39 is 98.6 Å². The summed E-state index contributed by atoms with van der Waals surface area (Å²) in [4.78, 5) is 2.95. The minimum atomic E-state index is -2.75. The lowest BCUT2D eigenvalue weighted by atomic mass is 9.90. The van der Waals surface area contributed by atoms with Crippen LogP contribution >= 0.6 is 0 Å². The fourth-order valence-corrected chi connectivity index (χ4v) is 9.15. The molecule has 11 heteroatoms. The van der Waals surface area contributed by atoms with Crippen LogP contribution in [0.1, 0.15) is 65.7 Å². The van der Waals surface area contributed by atoms with E-state index >= 15 is 22.0 Å². The summed E-state index contributed by atoms with van der Waals surface area (Å²) in [6.07, 6.45) is 7.02. The maximum absolute atomic E-state index is 15.6. The molecular weight excluding hydrogens is 561 g/mol. The lowest BCUT2D eigenvalue weighted by molar-refractivity contribution is 0.448. The molecule has 0 saturated carbocycles. The van der Waals surface area contributed by atoms with E-state index in [1.54, 1.807) is 0 Å². The van der Waals surface area contributed by atoms with Crippen LogP contribution in [0.25, 0.3) is 32.3 Å². The molecule has 0 amide bonds. The molecule has 0 aliphatic carbocycles. The molecule has 0 aliphatic heterocycles. The number of unbranched alkanes of at least 4 members (excludes halogenated alkanes) is 6. The van der Waals surface area contributed by atoms with Crippen molar-refractivity contribution in [3.63, 3.8) is 0 Å². The molecule has 0 radical (unpaired) electrons. The van der Waals surface area contributed by atoms with Crippen LogP contribution in [0, 0.1) is 52.4 Å². The van der Waals surface area contributed by atoms with E-state index in [4.69, 9.17) is 0 Å². The molecule has 218 valence electrons. The van der Waals surface area contributed by atoms with Crippen molar-refractivity contribution < 1.29 is 39.5 Å². The van der Waals surface area contributed by atoms with E-state index in [2.05, 4.69) is 11.9 Å². The molecule has 4 rings (SSSR count). The van der Waals surface area contributed by atoms with Gasteiger partial charge in [-0.2, -0.15) is 0 Å². The van der Waals surface area contributed by atoms with Crippen LogP contribution < -0.4 is 4.98 Å². The second kappa shape index (κ2) is 11.7. The van der Waals surface area contributed by atoms with Crippen molar-refractivity contribution in [2.45, 2.75) is 83.8 Å². The molecule has 0 unspecified atom stereocenters. The molecule has 0 aromatic heterocycles. The first-order valence-corrected chi connectivity index (χ1v) is 16.3. The maximum atomic E-state index is 15.6. The van der Waals surface area contributed by atoms with Crippen LogP contribution in [0.2, 0.25) is 18.1 Å². The molecular formula is C29H30F9NSi. The fraction of sp³-hybridized carbons (Fsp3) is 0.448. The summed E-state index contributed by atoms with van der Waals surface area (Å²) >= 11 is 0. The van der Waals surface area contributed by atoms with E-state index in [1.807, 2.05) is 13.8 Å². The molecule has 40 heavy (non-hydrogen) atoms. The van der Waals surface area contributed by atoms with Crippen LogP contribution in [0.3, 0.4) is 0 Å². The highest BCUT2D eigenvalue weighted by atomic mass is 28.3. The Kier molecular flexibility index (Phi) is 8.82. The molecule has 0 saturated heterocycles. The topological polar surface area (TPSA) is 12.0 Å². The number of hydrogen-bond acceptors (Lipinski definition) is 1. The van der Waals surface area contributed by atoms with E-state index in [0.717, 1.165) is 44.9 Å². The monoisotopic (exact) mass is 591 g/mol. The van der Waals surface area contributed by atoms with Gasteiger partial charge in [0.1, 0.15) is 0 Å². The van der Waals surface area contributed by atoms with Crippen LogP contribution in [-0.4, -0.2) is 8.24 Å². The van der Waals surface area contributed by atoms with Gasteiger partial charge in [-0.1, -0.05) is 65.7 Å². The van der Waals surface area contributed by atoms with Crippen LogP contribution in [-0.2, 0) is 0 Å². The molecule has 4 aromatic carbocycles. The summed E-state index contributed by atoms with van der Waals surface area (Å²) in [5.41, 5.74) is -0.820. The van der Waals surface area contributed by atoms with E-state index in [0.29, 0.717) is 18.1 Å². The Labute approximate surface area is 227 Å². The quantitative estimate of drug-likeness (QED) is 0.0568. The SMILES string of the molecule is CCCCCCCCC[Si](CC)(CC)Nc1c(F)c(F)c2c(F)c(F)c3c(F)c(F)c(F)c4c(F)c(F)c1c2c34. The Balaban J connectivity index is 1.95. The van der Waals surface area contributed by atoms with Crippen molar-refractivity contribution in [3.05, 3.63) is 52.4 Å². The van der Waals surface area contributed by atoms with Gasteiger partial charge in [0.05, 0.1) is 21.8 Å². The van der Waals surface area contributed by atoms with Crippen LogP contribution in [0.15, 0.2) is 0 Å². The average molecular weight is 592 g/mol. The molecule has 0 atom stereocenters. The minimum Gasteiger partial charge on any atom is -0.407 e. The van der Waals surface area contributed by atoms with Gasteiger partial charge in [0.15, 0.2) is 60.6 Å². The van der Waals surface area contributed by atoms with Gasteiger partial charge in [-0.3, -0.25) is 0 Å². The van der Waals surface area contributed by atoms with Crippen molar-refractivity contribution in [2.24, 2.45) is 0 Å².